The third-order valence-electron chi connectivity index (χ3n) is 5.38. The smallest absolute Gasteiger partial charge is 0.348 e. The quantitative estimate of drug-likeness (QED) is 0.702. The molecule has 0 aromatic carbocycles. The minimum Gasteiger partial charge on any atom is -0.469 e. The van der Waals surface area contributed by atoms with Crippen molar-refractivity contribution in [3.05, 3.63) is 58.0 Å². The van der Waals surface area contributed by atoms with E-state index in [0.717, 1.165) is 19.3 Å². The van der Waals surface area contributed by atoms with Gasteiger partial charge in [0, 0.05) is 19.4 Å². The van der Waals surface area contributed by atoms with Gasteiger partial charge in [-0.3, -0.25) is 9.59 Å². The molecule has 1 atom stereocenters. The van der Waals surface area contributed by atoms with Crippen LogP contribution >= 0.6 is 0 Å². The lowest BCUT2D eigenvalue weighted by molar-refractivity contribution is -0.127. The van der Waals surface area contributed by atoms with Crippen LogP contribution in [0.3, 0.4) is 0 Å². The number of carbonyl (C=O) groups excluding carboxylic acids is 2. The Bertz CT molecular complexity index is 886. The second-order valence-electron chi connectivity index (χ2n) is 7.27. The largest absolute Gasteiger partial charge is 0.469 e. The van der Waals surface area contributed by atoms with Crippen molar-refractivity contribution in [2.24, 2.45) is 5.73 Å². The number of likely N-dealkylation sites (tertiary alicyclic amines) is 1. The number of primary amides is 1. The number of unbranched alkanes of at least 4 members (excludes halogenated alkanes) is 2. The van der Waals surface area contributed by atoms with Crippen LogP contribution in [-0.2, 0) is 17.6 Å². The van der Waals surface area contributed by atoms with E-state index < -0.39 is 23.0 Å². The highest BCUT2D eigenvalue weighted by atomic mass is 16.4. The molecule has 0 radical (unpaired) electrons. The van der Waals surface area contributed by atoms with Gasteiger partial charge < -0.3 is 19.5 Å². The summed E-state index contributed by atoms with van der Waals surface area (Å²) in [5.74, 6) is -0.00276. The molecule has 2 N–H and O–H groups in total. The van der Waals surface area contributed by atoms with Crippen LogP contribution in [0.2, 0.25) is 0 Å². The maximum atomic E-state index is 13.1. The van der Waals surface area contributed by atoms with Crippen LogP contribution in [0.1, 0.15) is 60.9 Å². The predicted molar refractivity (Wildman–Crippen MR) is 103 cm³/mol. The van der Waals surface area contributed by atoms with Gasteiger partial charge in [0.05, 0.1) is 6.26 Å². The summed E-state index contributed by atoms with van der Waals surface area (Å²) < 4.78 is 10.7. The molecule has 2 aromatic heterocycles. The van der Waals surface area contributed by atoms with E-state index in [4.69, 9.17) is 14.6 Å². The number of amides is 2. The first-order valence-corrected chi connectivity index (χ1v) is 9.75. The monoisotopic (exact) mass is 386 g/mol. The van der Waals surface area contributed by atoms with Crippen LogP contribution in [0.15, 0.2) is 44.2 Å². The number of carbonyl (C=O) groups is 2. The minimum absolute atomic E-state index is 0.0776. The lowest BCUT2D eigenvalue weighted by atomic mass is 9.89. The van der Waals surface area contributed by atoms with Gasteiger partial charge in [0.15, 0.2) is 0 Å². The second kappa shape index (κ2) is 8.46. The molecule has 7 heteroatoms. The first-order valence-electron chi connectivity index (χ1n) is 9.75. The Morgan fingerprint density at radius 1 is 1.21 bits per heavy atom. The molecule has 1 fully saturated rings. The van der Waals surface area contributed by atoms with Crippen molar-refractivity contribution in [1.29, 1.82) is 0 Å². The Hall–Kier alpha value is -2.83. The van der Waals surface area contributed by atoms with E-state index in [0.29, 0.717) is 37.3 Å². The summed E-state index contributed by atoms with van der Waals surface area (Å²) in [5, 5.41) is 0. The summed E-state index contributed by atoms with van der Waals surface area (Å²) in [4.78, 5) is 39.3. The molecule has 0 saturated carbocycles. The highest BCUT2D eigenvalue weighted by molar-refractivity contribution is 5.99. The summed E-state index contributed by atoms with van der Waals surface area (Å²) in [6.45, 7) is 2.45. The molecule has 1 aliphatic heterocycles. The molecule has 28 heavy (non-hydrogen) atoms. The number of nitrogens with zero attached hydrogens (tertiary/aromatic N) is 1. The van der Waals surface area contributed by atoms with Gasteiger partial charge in [-0.2, -0.15) is 0 Å². The second-order valence-corrected chi connectivity index (χ2v) is 7.27. The number of rotatable bonds is 8. The third kappa shape index (κ3) is 3.88. The number of furan rings is 1. The van der Waals surface area contributed by atoms with Crippen LogP contribution in [0, 0.1) is 0 Å². The van der Waals surface area contributed by atoms with Crippen molar-refractivity contribution in [3.63, 3.8) is 0 Å². The Morgan fingerprint density at radius 3 is 2.68 bits per heavy atom. The fourth-order valence-electron chi connectivity index (χ4n) is 3.84. The molecule has 2 aromatic rings. The lowest BCUT2D eigenvalue weighted by Gasteiger charge is -2.35. The molecule has 3 rings (SSSR count). The number of aryl methyl sites for hydroxylation is 1. The van der Waals surface area contributed by atoms with E-state index in [2.05, 4.69) is 6.92 Å². The number of hydrogen-bond acceptors (Lipinski definition) is 5. The number of nitrogens with two attached hydrogens (primary N) is 1. The van der Waals surface area contributed by atoms with Crippen molar-refractivity contribution < 1.29 is 18.4 Å². The summed E-state index contributed by atoms with van der Waals surface area (Å²) in [6.07, 6.45) is 6.44. The average molecular weight is 386 g/mol. The van der Waals surface area contributed by atoms with E-state index in [1.54, 1.807) is 18.2 Å². The van der Waals surface area contributed by atoms with Crippen LogP contribution < -0.4 is 11.4 Å². The average Bonchev–Trinajstić information content (AvgIpc) is 3.32. The first kappa shape index (κ1) is 19.9. The fraction of sp³-hybridized carbons (Fsp3) is 0.476. The van der Waals surface area contributed by atoms with Crippen LogP contribution in [-0.4, -0.2) is 28.8 Å². The maximum Gasteiger partial charge on any atom is 0.348 e. The van der Waals surface area contributed by atoms with Crippen LogP contribution in [0.4, 0.5) is 0 Å². The molecule has 7 nitrogen and oxygen atoms in total. The minimum atomic E-state index is -1.21. The van der Waals surface area contributed by atoms with Crippen LogP contribution in [0.25, 0.3) is 0 Å². The molecule has 1 saturated heterocycles. The van der Waals surface area contributed by atoms with Crippen molar-refractivity contribution in [2.75, 3.05) is 6.54 Å². The molecular formula is C21H26N2O5. The SMILES string of the molecule is CCCCCc1ccc(C(=O)N2CCCC2(Cc2ccco2)C(N)=O)c(=O)o1. The highest BCUT2D eigenvalue weighted by Crippen LogP contribution is 2.34. The van der Waals surface area contributed by atoms with Gasteiger partial charge in [-0.15, -0.1) is 0 Å². The zero-order valence-corrected chi connectivity index (χ0v) is 16.1. The molecule has 2 amide bonds. The normalized spacial score (nSPS) is 19.1. The van der Waals surface area contributed by atoms with Gasteiger partial charge in [0.25, 0.3) is 5.91 Å². The van der Waals surface area contributed by atoms with Crippen molar-refractivity contribution in [1.82, 2.24) is 4.90 Å². The Labute approximate surface area is 163 Å². The van der Waals surface area contributed by atoms with Gasteiger partial charge in [-0.05, 0) is 43.5 Å². The number of hydrogen-bond donors (Lipinski definition) is 1. The summed E-state index contributed by atoms with van der Waals surface area (Å²) in [6, 6.07) is 6.62. The predicted octanol–water partition coefficient (Wildman–Crippen LogP) is 2.67. The van der Waals surface area contributed by atoms with Crippen molar-refractivity contribution in [2.45, 2.75) is 57.4 Å². The van der Waals surface area contributed by atoms with Gasteiger partial charge in [-0.25, -0.2) is 4.79 Å². The Kier molecular flexibility index (Phi) is 6.02. The van der Waals surface area contributed by atoms with Gasteiger partial charge in [-0.1, -0.05) is 19.8 Å². The lowest BCUT2D eigenvalue weighted by Crippen LogP contribution is -2.57. The Balaban J connectivity index is 1.85. The van der Waals surface area contributed by atoms with E-state index in [1.807, 2.05) is 0 Å². The molecule has 0 aliphatic carbocycles. The van der Waals surface area contributed by atoms with Gasteiger partial charge >= 0.3 is 5.63 Å². The van der Waals surface area contributed by atoms with Gasteiger partial charge in [0.1, 0.15) is 22.6 Å². The maximum absolute atomic E-state index is 13.1. The van der Waals surface area contributed by atoms with Crippen LogP contribution in [0.5, 0.6) is 0 Å². The summed E-state index contributed by atoms with van der Waals surface area (Å²) in [7, 11) is 0. The highest BCUT2D eigenvalue weighted by Gasteiger charge is 2.49. The molecule has 0 spiro atoms. The van der Waals surface area contributed by atoms with Crippen molar-refractivity contribution >= 4 is 11.8 Å². The standard InChI is InChI=1S/C21H26N2O5/c1-2-3-4-7-15-9-10-17(19(25)28-15)18(24)23-12-6-11-21(23,20(22)26)14-16-8-5-13-27-16/h5,8-10,13H,2-4,6-7,11-12,14H2,1H3,(H2,22,26). The molecule has 3 heterocycles. The summed E-state index contributed by atoms with van der Waals surface area (Å²) in [5.41, 5.74) is 3.75. The molecule has 150 valence electrons. The molecular weight excluding hydrogens is 360 g/mol. The fourth-order valence-corrected chi connectivity index (χ4v) is 3.84. The van der Waals surface area contributed by atoms with E-state index >= 15 is 0 Å². The van der Waals surface area contributed by atoms with E-state index in [-0.39, 0.29) is 12.0 Å². The third-order valence-corrected chi connectivity index (χ3v) is 5.38. The molecule has 1 aliphatic rings. The first-order chi connectivity index (χ1) is 13.5. The van der Waals surface area contributed by atoms with E-state index in [9.17, 15) is 14.4 Å². The Morgan fingerprint density at radius 2 is 2.04 bits per heavy atom. The molecule has 0 bridgehead atoms. The van der Waals surface area contributed by atoms with E-state index in [1.165, 1.54) is 17.2 Å². The topological polar surface area (TPSA) is 107 Å². The zero-order chi connectivity index (χ0) is 20.1. The summed E-state index contributed by atoms with van der Waals surface area (Å²) >= 11 is 0. The van der Waals surface area contributed by atoms with Crippen molar-refractivity contribution in [3.8, 4) is 0 Å². The molecule has 1 unspecified atom stereocenters. The van der Waals surface area contributed by atoms with Gasteiger partial charge in [0.2, 0.25) is 5.91 Å². The zero-order valence-electron chi connectivity index (χ0n) is 16.1.